The highest BCUT2D eigenvalue weighted by Gasteiger charge is 2.24. The Hall–Kier alpha value is -2.45. The second-order valence-electron chi connectivity index (χ2n) is 6.03. The number of hydrogen-bond acceptors (Lipinski definition) is 5. The molecule has 0 radical (unpaired) electrons. The van der Waals surface area contributed by atoms with Crippen molar-refractivity contribution in [3.05, 3.63) is 42.1 Å². The zero-order valence-corrected chi connectivity index (χ0v) is 14.2. The number of aryl methyl sites for hydroxylation is 1. The summed E-state index contributed by atoms with van der Waals surface area (Å²) in [6.45, 7) is 2.72. The molecule has 8 heteroatoms. The van der Waals surface area contributed by atoms with E-state index in [1.165, 1.54) is 0 Å². The van der Waals surface area contributed by atoms with Gasteiger partial charge in [0.25, 0.3) is 0 Å². The first kappa shape index (κ1) is 17.4. The van der Waals surface area contributed by atoms with E-state index in [4.69, 9.17) is 9.84 Å². The maximum Gasteiger partial charge on any atom is 0.315 e. The van der Waals surface area contributed by atoms with Gasteiger partial charge in [0.15, 0.2) is 0 Å². The Labute approximate surface area is 146 Å². The standard InChI is InChI=1S/C17H23N5O3/c1-12-18-7-8-22(12)16-13(3-2-6-19-16)9-20-17(24)21-10-14-4-5-15(11-23)25-14/h2-3,6-8,14-15,23H,4-5,9-11H2,1H3,(H2,20,21,24)/t14-,15+/m1/s1. The molecule has 8 nitrogen and oxygen atoms in total. The van der Waals surface area contributed by atoms with Crippen LogP contribution in [0.25, 0.3) is 5.82 Å². The van der Waals surface area contributed by atoms with Crippen molar-refractivity contribution < 1.29 is 14.6 Å². The van der Waals surface area contributed by atoms with E-state index < -0.39 is 0 Å². The van der Waals surface area contributed by atoms with Crippen molar-refractivity contribution in [2.24, 2.45) is 0 Å². The molecule has 2 amide bonds. The minimum Gasteiger partial charge on any atom is -0.394 e. The maximum atomic E-state index is 12.0. The molecule has 0 spiro atoms. The minimum atomic E-state index is -0.256. The molecule has 1 aliphatic rings. The Morgan fingerprint density at radius 2 is 2.16 bits per heavy atom. The van der Waals surface area contributed by atoms with Gasteiger partial charge in [-0.1, -0.05) is 6.07 Å². The zero-order valence-electron chi connectivity index (χ0n) is 14.2. The van der Waals surface area contributed by atoms with Gasteiger partial charge in [-0.2, -0.15) is 0 Å². The first-order chi connectivity index (χ1) is 12.2. The molecule has 1 fully saturated rings. The smallest absolute Gasteiger partial charge is 0.315 e. The molecule has 1 aliphatic heterocycles. The van der Waals surface area contributed by atoms with E-state index in [-0.39, 0.29) is 24.8 Å². The lowest BCUT2D eigenvalue weighted by molar-refractivity contribution is 0.0134. The fraction of sp³-hybridized carbons (Fsp3) is 0.471. The monoisotopic (exact) mass is 345 g/mol. The van der Waals surface area contributed by atoms with Gasteiger partial charge in [0.05, 0.1) is 18.8 Å². The van der Waals surface area contributed by atoms with Crippen molar-refractivity contribution in [3.8, 4) is 5.82 Å². The van der Waals surface area contributed by atoms with Gasteiger partial charge in [0.1, 0.15) is 11.6 Å². The third-order valence-electron chi connectivity index (χ3n) is 4.25. The van der Waals surface area contributed by atoms with Crippen molar-refractivity contribution in [2.75, 3.05) is 13.2 Å². The van der Waals surface area contributed by atoms with Crippen molar-refractivity contribution in [3.63, 3.8) is 0 Å². The second kappa shape index (κ2) is 8.09. The van der Waals surface area contributed by atoms with Crippen molar-refractivity contribution >= 4 is 6.03 Å². The minimum absolute atomic E-state index is 0.0279. The van der Waals surface area contributed by atoms with Crippen LogP contribution in [0.5, 0.6) is 0 Å². The Morgan fingerprint density at radius 1 is 1.32 bits per heavy atom. The first-order valence-corrected chi connectivity index (χ1v) is 8.39. The average Bonchev–Trinajstić information content (AvgIpc) is 3.27. The largest absolute Gasteiger partial charge is 0.394 e. The van der Waals surface area contributed by atoms with E-state index in [1.54, 1.807) is 12.4 Å². The molecule has 2 aromatic rings. The highest BCUT2D eigenvalue weighted by atomic mass is 16.5. The number of nitrogens with one attached hydrogen (secondary N) is 2. The summed E-state index contributed by atoms with van der Waals surface area (Å²) in [6.07, 6.45) is 6.81. The number of amides is 2. The lowest BCUT2D eigenvalue weighted by Crippen LogP contribution is -2.39. The lowest BCUT2D eigenvalue weighted by Gasteiger charge is -2.14. The quantitative estimate of drug-likeness (QED) is 0.722. The first-order valence-electron chi connectivity index (χ1n) is 8.39. The number of hydrogen-bond donors (Lipinski definition) is 3. The zero-order chi connectivity index (χ0) is 17.6. The third kappa shape index (κ3) is 4.34. The molecular formula is C17H23N5O3. The summed E-state index contributed by atoms with van der Waals surface area (Å²) in [5.74, 6) is 1.59. The fourth-order valence-corrected chi connectivity index (χ4v) is 2.90. The number of imidazole rings is 1. The number of pyridine rings is 1. The van der Waals surface area contributed by atoms with Crippen LogP contribution >= 0.6 is 0 Å². The van der Waals surface area contributed by atoms with Crippen LogP contribution in [0.3, 0.4) is 0 Å². The molecule has 1 saturated heterocycles. The summed E-state index contributed by atoms with van der Waals surface area (Å²) in [4.78, 5) is 20.6. The van der Waals surface area contributed by atoms with Gasteiger partial charge in [-0.3, -0.25) is 4.57 Å². The summed E-state index contributed by atoms with van der Waals surface area (Å²) >= 11 is 0. The van der Waals surface area contributed by atoms with E-state index in [0.29, 0.717) is 13.1 Å². The maximum absolute atomic E-state index is 12.0. The number of ether oxygens (including phenoxy) is 1. The van der Waals surface area contributed by atoms with Crippen LogP contribution < -0.4 is 10.6 Å². The van der Waals surface area contributed by atoms with Crippen LogP contribution in [0.15, 0.2) is 30.7 Å². The summed E-state index contributed by atoms with van der Waals surface area (Å²) in [7, 11) is 0. The second-order valence-corrected chi connectivity index (χ2v) is 6.03. The van der Waals surface area contributed by atoms with E-state index in [1.807, 2.05) is 29.8 Å². The third-order valence-corrected chi connectivity index (χ3v) is 4.25. The van der Waals surface area contributed by atoms with E-state index in [0.717, 1.165) is 30.0 Å². The fourth-order valence-electron chi connectivity index (χ4n) is 2.90. The number of carbonyl (C=O) groups is 1. The normalized spacial score (nSPS) is 19.8. The molecule has 0 aromatic carbocycles. The van der Waals surface area contributed by atoms with Gasteiger partial charge in [-0.05, 0) is 25.8 Å². The summed E-state index contributed by atoms with van der Waals surface area (Å²) in [5.41, 5.74) is 0.899. The van der Waals surface area contributed by atoms with Crippen LogP contribution in [0, 0.1) is 6.92 Å². The molecule has 3 heterocycles. The molecule has 2 aromatic heterocycles. The molecule has 25 heavy (non-hydrogen) atoms. The lowest BCUT2D eigenvalue weighted by atomic mass is 10.2. The average molecular weight is 345 g/mol. The Balaban J connectivity index is 1.52. The molecule has 2 atom stereocenters. The molecule has 0 saturated carbocycles. The number of nitrogens with zero attached hydrogens (tertiary/aromatic N) is 3. The van der Waals surface area contributed by atoms with E-state index in [2.05, 4.69) is 20.6 Å². The van der Waals surface area contributed by atoms with Gasteiger partial charge >= 0.3 is 6.03 Å². The van der Waals surface area contributed by atoms with E-state index in [9.17, 15) is 4.79 Å². The number of aliphatic hydroxyl groups is 1. The van der Waals surface area contributed by atoms with Gasteiger partial charge in [0, 0.05) is 37.2 Å². The SMILES string of the molecule is Cc1nccn1-c1ncccc1CNC(=O)NC[C@H]1CC[C@@H](CO)O1. The van der Waals surface area contributed by atoms with E-state index >= 15 is 0 Å². The van der Waals surface area contributed by atoms with Crippen molar-refractivity contribution in [1.29, 1.82) is 0 Å². The molecule has 0 aliphatic carbocycles. The van der Waals surface area contributed by atoms with Gasteiger partial charge in [0.2, 0.25) is 0 Å². The molecule has 0 unspecified atom stereocenters. The molecule has 0 bridgehead atoms. The number of aliphatic hydroxyl groups excluding tert-OH is 1. The van der Waals surface area contributed by atoms with Gasteiger partial charge in [-0.15, -0.1) is 0 Å². The van der Waals surface area contributed by atoms with Crippen LogP contribution in [-0.2, 0) is 11.3 Å². The highest BCUT2D eigenvalue weighted by Crippen LogP contribution is 2.18. The number of rotatable bonds is 6. The molecule has 3 N–H and O–H groups in total. The van der Waals surface area contributed by atoms with Crippen LogP contribution in [0.1, 0.15) is 24.2 Å². The van der Waals surface area contributed by atoms with Crippen LogP contribution in [0.2, 0.25) is 0 Å². The van der Waals surface area contributed by atoms with Gasteiger partial charge < -0.3 is 20.5 Å². The van der Waals surface area contributed by atoms with Crippen molar-refractivity contribution in [1.82, 2.24) is 25.2 Å². The summed E-state index contributed by atoms with van der Waals surface area (Å²) in [6, 6.07) is 3.51. The Bertz CT molecular complexity index is 718. The topological polar surface area (TPSA) is 101 Å². The number of aromatic nitrogens is 3. The van der Waals surface area contributed by atoms with Crippen molar-refractivity contribution in [2.45, 2.75) is 38.5 Å². The number of carbonyl (C=O) groups excluding carboxylic acids is 1. The summed E-state index contributed by atoms with van der Waals surface area (Å²) < 4.78 is 7.48. The van der Waals surface area contributed by atoms with Crippen LogP contribution in [0.4, 0.5) is 4.79 Å². The van der Waals surface area contributed by atoms with Crippen LogP contribution in [-0.4, -0.2) is 51.0 Å². The molecule has 3 rings (SSSR count). The van der Waals surface area contributed by atoms with Gasteiger partial charge in [-0.25, -0.2) is 14.8 Å². The highest BCUT2D eigenvalue weighted by molar-refractivity contribution is 5.73. The Kier molecular flexibility index (Phi) is 5.62. The molecular weight excluding hydrogens is 322 g/mol. The summed E-state index contributed by atoms with van der Waals surface area (Å²) in [5, 5.41) is 14.7. The predicted octanol–water partition coefficient (Wildman–Crippen LogP) is 0.915. The predicted molar refractivity (Wildman–Crippen MR) is 91.3 cm³/mol. The number of urea groups is 1. The Morgan fingerprint density at radius 3 is 2.88 bits per heavy atom. The molecule has 134 valence electrons.